The Hall–Kier alpha value is -2.63. The molecule has 1 aliphatic heterocycles. The second-order valence-electron chi connectivity index (χ2n) is 6.44. The summed E-state index contributed by atoms with van der Waals surface area (Å²) in [7, 11) is 0. The SMILES string of the molecule is C[C@]1(c2nc(Br)ccc2F)N=C(NC(=O)c2ccccc2)O[C@H](C(F)(F)F)C1(F)F. The van der Waals surface area contributed by atoms with E-state index in [0.717, 1.165) is 12.1 Å². The predicted molar refractivity (Wildman–Crippen MR) is 96.5 cm³/mol. The Labute approximate surface area is 174 Å². The van der Waals surface area contributed by atoms with E-state index < -0.39 is 47.2 Å². The van der Waals surface area contributed by atoms with Gasteiger partial charge in [-0.1, -0.05) is 18.2 Å². The second kappa shape index (κ2) is 7.56. The lowest BCUT2D eigenvalue weighted by molar-refractivity contribution is -0.288. The van der Waals surface area contributed by atoms with Gasteiger partial charge in [0.2, 0.25) is 0 Å². The van der Waals surface area contributed by atoms with Crippen LogP contribution < -0.4 is 5.32 Å². The molecule has 1 aromatic heterocycles. The van der Waals surface area contributed by atoms with Crippen LogP contribution in [0.3, 0.4) is 0 Å². The number of hydrogen-bond acceptors (Lipinski definition) is 4. The number of nitrogens with one attached hydrogen (secondary N) is 1. The van der Waals surface area contributed by atoms with Gasteiger partial charge in [-0.15, -0.1) is 0 Å². The molecule has 2 atom stereocenters. The smallest absolute Gasteiger partial charge is 0.431 e. The third-order valence-corrected chi connectivity index (χ3v) is 4.80. The Balaban J connectivity index is 2.13. The minimum absolute atomic E-state index is 0.0122. The van der Waals surface area contributed by atoms with Crippen LogP contribution in [-0.2, 0) is 10.3 Å². The first-order chi connectivity index (χ1) is 13.9. The van der Waals surface area contributed by atoms with Gasteiger partial charge in [-0.3, -0.25) is 10.1 Å². The molecule has 1 aliphatic rings. The number of nitrogens with zero attached hydrogens (tertiary/aromatic N) is 2. The number of amides is 1. The Morgan fingerprint density at radius 1 is 1.17 bits per heavy atom. The monoisotopic (exact) mass is 495 g/mol. The van der Waals surface area contributed by atoms with Gasteiger partial charge in [0.15, 0.2) is 5.54 Å². The van der Waals surface area contributed by atoms with Gasteiger partial charge in [0.05, 0.1) is 0 Å². The van der Waals surface area contributed by atoms with Gasteiger partial charge in [0.1, 0.15) is 16.1 Å². The normalized spacial score (nSPS) is 23.3. The van der Waals surface area contributed by atoms with Gasteiger partial charge >= 0.3 is 12.1 Å². The number of carbonyl (C=O) groups is 1. The van der Waals surface area contributed by atoms with Crippen LogP contribution in [0.25, 0.3) is 0 Å². The number of carbonyl (C=O) groups excluding carboxylic acids is 1. The molecule has 1 amide bonds. The Morgan fingerprint density at radius 3 is 2.40 bits per heavy atom. The van der Waals surface area contributed by atoms with Crippen molar-refractivity contribution >= 4 is 27.9 Å². The lowest BCUT2D eigenvalue weighted by Crippen LogP contribution is -2.62. The number of aliphatic imine (C=N–C) groups is 1. The third-order valence-electron chi connectivity index (χ3n) is 4.36. The number of halogens is 7. The Bertz CT molecular complexity index is 999. The first kappa shape index (κ1) is 22.1. The van der Waals surface area contributed by atoms with Crippen LogP contribution >= 0.6 is 15.9 Å². The van der Waals surface area contributed by atoms with Crippen LogP contribution in [0, 0.1) is 5.82 Å². The molecule has 30 heavy (non-hydrogen) atoms. The first-order valence-electron chi connectivity index (χ1n) is 8.26. The van der Waals surface area contributed by atoms with E-state index in [-0.39, 0.29) is 10.2 Å². The number of alkyl halides is 5. The summed E-state index contributed by atoms with van der Waals surface area (Å²) in [6.07, 6.45) is -9.27. The topological polar surface area (TPSA) is 63.6 Å². The molecular weight excluding hydrogens is 484 g/mol. The van der Waals surface area contributed by atoms with Crippen molar-refractivity contribution in [1.82, 2.24) is 10.3 Å². The highest BCUT2D eigenvalue weighted by Crippen LogP contribution is 2.50. The fourth-order valence-electron chi connectivity index (χ4n) is 2.80. The van der Waals surface area contributed by atoms with Crippen LogP contribution in [0.5, 0.6) is 0 Å². The highest BCUT2D eigenvalue weighted by Gasteiger charge is 2.70. The lowest BCUT2D eigenvalue weighted by Gasteiger charge is -2.42. The number of aromatic nitrogens is 1. The van der Waals surface area contributed by atoms with Crippen molar-refractivity contribution in [2.45, 2.75) is 30.7 Å². The fraction of sp³-hybridized carbons (Fsp3) is 0.278. The average Bonchev–Trinajstić information content (AvgIpc) is 2.66. The molecular formula is C18H12BrF6N3O2. The molecule has 0 spiro atoms. The molecule has 0 aliphatic carbocycles. The van der Waals surface area contributed by atoms with Gasteiger partial charge in [0, 0.05) is 5.56 Å². The predicted octanol–water partition coefficient (Wildman–Crippen LogP) is 4.58. The molecule has 2 aromatic rings. The van der Waals surface area contributed by atoms with E-state index in [0.29, 0.717) is 6.92 Å². The quantitative estimate of drug-likeness (QED) is 0.489. The van der Waals surface area contributed by atoms with Crippen LogP contribution in [0.15, 0.2) is 52.1 Å². The zero-order valence-electron chi connectivity index (χ0n) is 15.0. The third kappa shape index (κ3) is 3.87. The van der Waals surface area contributed by atoms with Gasteiger partial charge in [-0.25, -0.2) is 14.4 Å². The molecule has 0 unspecified atom stereocenters. The number of benzene rings is 1. The lowest BCUT2D eigenvalue weighted by atomic mass is 9.85. The van der Waals surface area contributed by atoms with E-state index in [1.807, 2.05) is 5.32 Å². The number of rotatable bonds is 2. The zero-order chi connectivity index (χ0) is 22.3. The van der Waals surface area contributed by atoms with Crippen molar-refractivity contribution in [2.24, 2.45) is 4.99 Å². The highest BCUT2D eigenvalue weighted by atomic mass is 79.9. The van der Waals surface area contributed by atoms with E-state index >= 15 is 0 Å². The summed E-state index contributed by atoms with van der Waals surface area (Å²) in [5.74, 6) is -7.02. The highest BCUT2D eigenvalue weighted by molar-refractivity contribution is 9.10. The maximum Gasteiger partial charge on any atom is 0.431 e. The summed E-state index contributed by atoms with van der Waals surface area (Å²) < 4.78 is 88.7. The minimum atomic E-state index is -5.56. The van der Waals surface area contributed by atoms with Crippen LogP contribution in [0.1, 0.15) is 23.0 Å². The molecule has 3 rings (SSSR count). The minimum Gasteiger partial charge on any atom is -0.445 e. The summed E-state index contributed by atoms with van der Waals surface area (Å²) in [5.41, 5.74) is -4.18. The molecule has 1 aromatic carbocycles. The van der Waals surface area contributed by atoms with Crippen molar-refractivity contribution in [2.75, 3.05) is 0 Å². The summed E-state index contributed by atoms with van der Waals surface area (Å²) >= 11 is 2.87. The largest absolute Gasteiger partial charge is 0.445 e. The molecule has 5 nitrogen and oxygen atoms in total. The molecule has 0 bridgehead atoms. The molecule has 0 radical (unpaired) electrons. The second-order valence-corrected chi connectivity index (χ2v) is 7.25. The fourth-order valence-corrected chi connectivity index (χ4v) is 3.11. The Morgan fingerprint density at radius 2 is 1.80 bits per heavy atom. The van der Waals surface area contributed by atoms with E-state index in [9.17, 15) is 31.1 Å². The maximum atomic E-state index is 15.0. The molecule has 0 saturated heterocycles. The van der Waals surface area contributed by atoms with Gasteiger partial charge in [-0.2, -0.15) is 22.0 Å². The molecule has 1 N–H and O–H groups in total. The van der Waals surface area contributed by atoms with Crippen molar-refractivity contribution in [3.63, 3.8) is 0 Å². The van der Waals surface area contributed by atoms with E-state index in [2.05, 4.69) is 30.6 Å². The number of amidine groups is 1. The standard InChI is InChI=1S/C18H12BrF6N3O2/c1-16(12-10(20)7-8-11(19)26-12)17(21,22)14(18(23,24)25)30-15(28-16)27-13(29)9-5-3-2-4-6-9/h2-8,14H,1H3,(H,27,28,29)/t14-,16+/m0/s1. The number of hydrogen-bond donors (Lipinski definition) is 1. The number of pyridine rings is 1. The zero-order valence-corrected chi connectivity index (χ0v) is 16.6. The van der Waals surface area contributed by atoms with Crippen molar-refractivity contribution in [3.8, 4) is 0 Å². The maximum absolute atomic E-state index is 15.0. The summed E-state index contributed by atoms with van der Waals surface area (Å²) in [6.45, 7) is 0.584. The summed E-state index contributed by atoms with van der Waals surface area (Å²) in [6, 6.07) is 7.93. The molecule has 0 fully saturated rings. The molecule has 0 saturated carbocycles. The van der Waals surface area contributed by atoms with Gasteiger partial charge < -0.3 is 4.74 Å². The Kier molecular flexibility index (Phi) is 5.56. The van der Waals surface area contributed by atoms with Crippen molar-refractivity contribution in [3.05, 3.63) is 64.1 Å². The van der Waals surface area contributed by atoms with Crippen molar-refractivity contribution in [1.29, 1.82) is 0 Å². The summed E-state index contributed by atoms with van der Waals surface area (Å²) in [4.78, 5) is 19.3. The average molecular weight is 496 g/mol. The van der Waals surface area contributed by atoms with E-state index in [1.165, 1.54) is 24.3 Å². The van der Waals surface area contributed by atoms with Crippen LogP contribution in [0.4, 0.5) is 26.3 Å². The van der Waals surface area contributed by atoms with E-state index in [4.69, 9.17) is 0 Å². The molecule has 160 valence electrons. The van der Waals surface area contributed by atoms with E-state index in [1.54, 1.807) is 6.07 Å². The molecule has 12 heteroatoms. The summed E-state index contributed by atoms with van der Waals surface area (Å²) in [5, 5.41) is 1.93. The van der Waals surface area contributed by atoms with Crippen LogP contribution in [0.2, 0.25) is 0 Å². The number of ether oxygens (including phenoxy) is 1. The van der Waals surface area contributed by atoms with Crippen molar-refractivity contribution < 1.29 is 35.9 Å². The van der Waals surface area contributed by atoms with Gasteiger partial charge in [-0.05, 0) is 47.1 Å². The van der Waals surface area contributed by atoms with Crippen LogP contribution in [-0.4, -0.2) is 35.1 Å². The molecule has 2 heterocycles. The van der Waals surface area contributed by atoms with Gasteiger partial charge in [0.25, 0.3) is 18.0 Å². The first-order valence-corrected chi connectivity index (χ1v) is 9.05.